The molecule has 0 aliphatic carbocycles. The Labute approximate surface area is 119 Å². The molecule has 3 nitrogen and oxygen atoms in total. The number of aromatic nitrogens is 2. The Kier molecular flexibility index (Phi) is 4.39. The Hall–Kier alpha value is -1.47. The lowest BCUT2D eigenvalue weighted by Crippen LogP contribution is -2.10. The average Bonchev–Trinajstić information content (AvgIpc) is 2.77. The van der Waals surface area contributed by atoms with Gasteiger partial charge in [0.25, 0.3) is 0 Å². The number of nitrogens with zero attached hydrogens (tertiary/aromatic N) is 2. The minimum atomic E-state index is -4.16. The molecule has 2 rings (SSSR count). The summed E-state index contributed by atoms with van der Waals surface area (Å²) in [6.45, 7) is 0.369. The predicted octanol–water partition coefficient (Wildman–Crippen LogP) is 3.20. The molecule has 0 radical (unpaired) electrons. The van der Waals surface area contributed by atoms with Gasteiger partial charge in [-0.25, -0.2) is 0 Å². The molecule has 0 unspecified atom stereocenters. The molecule has 0 aliphatic heterocycles. The summed E-state index contributed by atoms with van der Waals surface area (Å²) in [4.78, 5) is 0.580. The van der Waals surface area contributed by atoms with Gasteiger partial charge in [0.2, 0.25) is 0 Å². The topological polar surface area (TPSA) is 43.8 Å². The summed E-state index contributed by atoms with van der Waals surface area (Å²) in [5.74, 6) is -0.885. The lowest BCUT2D eigenvalue weighted by molar-refractivity contribution is -0.105. The second-order valence-electron chi connectivity index (χ2n) is 4.31. The fourth-order valence-corrected chi connectivity index (χ4v) is 2.46. The maximum Gasteiger partial charge on any atom is 0.398 e. The summed E-state index contributed by atoms with van der Waals surface area (Å²) < 4.78 is 38.1. The predicted molar refractivity (Wildman–Crippen MR) is 73.3 cm³/mol. The Morgan fingerprint density at radius 2 is 1.90 bits per heavy atom. The lowest BCUT2D eigenvalue weighted by atomic mass is 10.1. The second-order valence-corrected chi connectivity index (χ2v) is 5.36. The summed E-state index contributed by atoms with van der Waals surface area (Å²) >= 11 is 0.771. The van der Waals surface area contributed by atoms with Crippen molar-refractivity contribution in [1.29, 1.82) is 0 Å². The van der Waals surface area contributed by atoms with Gasteiger partial charge in [-0.2, -0.15) is 18.3 Å². The third-order valence-corrected chi connectivity index (χ3v) is 3.73. The van der Waals surface area contributed by atoms with Gasteiger partial charge in [-0.1, -0.05) is 12.1 Å². The zero-order valence-electron chi connectivity index (χ0n) is 10.8. The van der Waals surface area contributed by atoms with Crippen LogP contribution in [0.5, 0.6) is 0 Å². The lowest BCUT2D eigenvalue weighted by Gasteiger charge is -2.06. The normalized spacial score (nSPS) is 11.8. The Bertz CT molecular complexity index is 576. The molecule has 0 spiro atoms. The number of hydrogen-bond donors (Lipinski definition) is 1. The quantitative estimate of drug-likeness (QED) is 0.882. The molecule has 1 aromatic carbocycles. The van der Waals surface area contributed by atoms with Crippen LogP contribution in [-0.4, -0.2) is 21.7 Å². The largest absolute Gasteiger partial charge is 0.398 e. The zero-order chi connectivity index (χ0) is 14.8. The van der Waals surface area contributed by atoms with E-state index in [2.05, 4.69) is 5.10 Å². The van der Waals surface area contributed by atoms with Crippen molar-refractivity contribution >= 4 is 11.8 Å². The highest BCUT2D eigenvalue weighted by atomic mass is 32.2. The first-order valence-electron chi connectivity index (χ1n) is 5.91. The maximum absolute atomic E-state index is 12.1. The highest BCUT2D eigenvalue weighted by Crippen LogP contribution is 2.29. The van der Waals surface area contributed by atoms with E-state index in [1.807, 2.05) is 6.20 Å². The van der Waals surface area contributed by atoms with Gasteiger partial charge in [0.05, 0.1) is 11.4 Å². The molecule has 1 heterocycles. The van der Waals surface area contributed by atoms with Crippen molar-refractivity contribution in [2.45, 2.75) is 17.6 Å². The molecule has 0 amide bonds. The van der Waals surface area contributed by atoms with Crippen LogP contribution in [0.2, 0.25) is 0 Å². The molecule has 2 N–H and O–H groups in total. The standard InChI is InChI=1S/C13H14F3N3S/c1-19-7-10(6-17)12(18-19)9-2-4-11(5-3-9)20-8-13(14,15)16/h2-5,7H,6,8,17H2,1H3. The summed E-state index contributed by atoms with van der Waals surface area (Å²) in [5.41, 5.74) is 8.17. The van der Waals surface area contributed by atoms with Crippen molar-refractivity contribution in [2.24, 2.45) is 12.8 Å². The molecule has 0 aliphatic rings. The smallest absolute Gasteiger partial charge is 0.326 e. The molecular formula is C13H14F3N3S. The van der Waals surface area contributed by atoms with E-state index < -0.39 is 11.9 Å². The average molecular weight is 301 g/mol. The van der Waals surface area contributed by atoms with Crippen molar-refractivity contribution in [3.8, 4) is 11.3 Å². The minimum Gasteiger partial charge on any atom is -0.326 e. The fourth-order valence-electron chi connectivity index (χ4n) is 1.80. The summed E-state index contributed by atoms with van der Waals surface area (Å²) in [6.07, 6.45) is -2.32. The van der Waals surface area contributed by atoms with Crippen molar-refractivity contribution in [2.75, 3.05) is 5.75 Å². The van der Waals surface area contributed by atoms with Crippen molar-refractivity contribution in [1.82, 2.24) is 9.78 Å². The van der Waals surface area contributed by atoms with Crippen LogP contribution in [0.4, 0.5) is 13.2 Å². The molecule has 2 aromatic rings. The molecule has 7 heteroatoms. The van der Waals surface area contributed by atoms with E-state index >= 15 is 0 Å². The molecule has 1 aromatic heterocycles. The minimum absolute atomic E-state index is 0.369. The Morgan fingerprint density at radius 1 is 1.25 bits per heavy atom. The molecule has 0 atom stereocenters. The number of alkyl halides is 3. The molecule has 108 valence electrons. The van der Waals surface area contributed by atoms with Crippen molar-refractivity contribution in [3.63, 3.8) is 0 Å². The summed E-state index contributed by atoms with van der Waals surface area (Å²) in [5, 5.41) is 4.32. The molecule has 0 bridgehead atoms. The first-order chi connectivity index (χ1) is 9.39. The highest BCUT2D eigenvalue weighted by Gasteiger charge is 2.27. The molecule has 0 fully saturated rings. The number of benzene rings is 1. The van der Waals surface area contributed by atoms with E-state index in [1.54, 1.807) is 36.0 Å². The van der Waals surface area contributed by atoms with E-state index in [-0.39, 0.29) is 0 Å². The van der Waals surface area contributed by atoms with Gasteiger partial charge in [0.15, 0.2) is 0 Å². The van der Waals surface area contributed by atoms with Crippen LogP contribution in [0.15, 0.2) is 35.4 Å². The van der Waals surface area contributed by atoms with Crippen molar-refractivity contribution < 1.29 is 13.2 Å². The Morgan fingerprint density at radius 3 is 2.45 bits per heavy atom. The molecular weight excluding hydrogens is 287 g/mol. The van der Waals surface area contributed by atoms with Crippen LogP contribution in [0.25, 0.3) is 11.3 Å². The summed E-state index contributed by atoms with van der Waals surface area (Å²) in [6, 6.07) is 6.86. The van der Waals surface area contributed by atoms with Gasteiger partial charge in [0.1, 0.15) is 0 Å². The molecule has 0 saturated carbocycles. The van der Waals surface area contributed by atoms with Crippen LogP contribution < -0.4 is 5.73 Å². The van der Waals surface area contributed by atoms with E-state index in [0.29, 0.717) is 11.4 Å². The van der Waals surface area contributed by atoms with Crippen LogP contribution in [0.1, 0.15) is 5.56 Å². The number of rotatable bonds is 4. The monoisotopic (exact) mass is 301 g/mol. The zero-order valence-corrected chi connectivity index (χ0v) is 11.6. The third kappa shape index (κ3) is 3.77. The third-order valence-electron chi connectivity index (χ3n) is 2.65. The van der Waals surface area contributed by atoms with Gasteiger partial charge >= 0.3 is 6.18 Å². The van der Waals surface area contributed by atoms with E-state index in [0.717, 1.165) is 28.6 Å². The SMILES string of the molecule is Cn1cc(CN)c(-c2ccc(SCC(F)(F)F)cc2)n1. The fraction of sp³-hybridized carbons (Fsp3) is 0.308. The van der Waals surface area contributed by atoms with Crippen LogP contribution in [0.3, 0.4) is 0 Å². The Balaban J connectivity index is 2.15. The van der Waals surface area contributed by atoms with E-state index in [9.17, 15) is 13.2 Å². The number of aryl methyl sites for hydroxylation is 1. The second kappa shape index (κ2) is 5.88. The van der Waals surface area contributed by atoms with Gasteiger partial charge in [-0.3, -0.25) is 4.68 Å². The van der Waals surface area contributed by atoms with Gasteiger partial charge in [-0.05, 0) is 12.1 Å². The van der Waals surface area contributed by atoms with Gasteiger partial charge in [0, 0.05) is 35.8 Å². The van der Waals surface area contributed by atoms with Crippen molar-refractivity contribution in [3.05, 3.63) is 36.0 Å². The van der Waals surface area contributed by atoms with Gasteiger partial charge in [-0.15, -0.1) is 11.8 Å². The van der Waals surface area contributed by atoms with E-state index in [4.69, 9.17) is 5.73 Å². The first-order valence-corrected chi connectivity index (χ1v) is 6.90. The van der Waals surface area contributed by atoms with Crippen LogP contribution >= 0.6 is 11.8 Å². The van der Waals surface area contributed by atoms with Crippen LogP contribution in [-0.2, 0) is 13.6 Å². The first kappa shape index (κ1) is 14.9. The van der Waals surface area contributed by atoms with E-state index in [1.165, 1.54) is 0 Å². The van der Waals surface area contributed by atoms with Crippen LogP contribution in [0, 0.1) is 0 Å². The molecule has 0 saturated heterocycles. The highest BCUT2D eigenvalue weighted by molar-refractivity contribution is 7.99. The number of thioether (sulfide) groups is 1. The van der Waals surface area contributed by atoms with Gasteiger partial charge < -0.3 is 5.73 Å². The maximum atomic E-state index is 12.1. The summed E-state index contributed by atoms with van der Waals surface area (Å²) in [7, 11) is 1.80. The molecule has 20 heavy (non-hydrogen) atoms. The number of halogens is 3. The number of hydrogen-bond acceptors (Lipinski definition) is 3. The number of nitrogens with two attached hydrogens (primary N) is 1.